The zero-order valence-electron chi connectivity index (χ0n) is 22.3. The summed E-state index contributed by atoms with van der Waals surface area (Å²) >= 11 is 0. The van der Waals surface area contributed by atoms with Crippen LogP contribution in [-0.4, -0.2) is 66.9 Å². The molecule has 0 saturated carbocycles. The molecule has 2 rings (SSSR count). The van der Waals surface area contributed by atoms with Crippen LogP contribution in [0.5, 0.6) is 5.75 Å². The average Bonchev–Trinajstić information content (AvgIpc) is 2.82. The fourth-order valence-corrected chi connectivity index (χ4v) is 3.95. The summed E-state index contributed by atoms with van der Waals surface area (Å²) < 4.78 is 5.93. The predicted molar refractivity (Wildman–Crippen MR) is 139 cm³/mol. The number of ether oxygens (including phenoxy) is 1. The monoisotopic (exact) mass is 502 g/mol. The number of para-hydroxylation sites is 1. The molecule has 200 valence electrons. The third-order valence-electron chi connectivity index (χ3n) is 5.88. The topological polar surface area (TPSA) is 117 Å². The van der Waals surface area contributed by atoms with Crippen molar-refractivity contribution >= 4 is 23.6 Å². The quantitative estimate of drug-likeness (QED) is 0.505. The van der Waals surface area contributed by atoms with Gasteiger partial charge in [0, 0.05) is 13.1 Å². The van der Waals surface area contributed by atoms with E-state index >= 15 is 0 Å². The lowest BCUT2D eigenvalue weighted by atomic mass is 10.0. The molecule has 0 bridgehead atoms. The molecular formula is C27H42N4O5. The van der Waals surface area contributed by atoms with Gasteiger partial charge in [-0.1, -0.05) is 53.2 Å². The minimum absolute atomic E-state index is 0.163. The van der Waals surface area contributed by atoms with E-state index in [1.165, 1.54) is 0 Å². The maximum atomic E-state index is 13.5. The molecule has 0 unspecified atom stereocenters. The van der Waals surface area contributed by atoms with Crippen molar-refractivity contribution in [3.05, 3.63) is 29.8 Å². The average molecular weight is 503 g/mol. The molecule has 0 radical (unpaired) electrons. The van der Waals surface area contributed by atoms with Gasteiger partial charge in [0.2, 0.25) is 17.7 Å². The van der Waals surface area contributed by atoms with Gasteiger partial charge in [-0.15, -0.1) is 0 Å². The number of carbonyl (C=O) groups excluding carboxylic acids is 4. The standard InChI is InChI=1S/C27H42N4O5/c1-6-7-12-31-13-14-36-23-11-9-8-10-20(23)25(33)30-21(26(34)28-17-19(4)5)16-24(32)29-22(27(31)35)15-18(2)3/h8-11,18-19,21-22H,6-7,12-17H2,1-5H3,(H,28,34)(H,29,32)(H,30,33)/t21-,22-/m0/s1. The first-order valence-corrected chi connectivity index (χ1v) is 13.0. The summed E-state index contributed by atoms with van der Waals surface area (Å²) in [6.45, 7) is 11.4. The summed E-state index contributed by atoms with van der Waals surface area (Å²) in [6, 6.07) is 4.94. The van der Waals surface area contributed by atoms with Crippen LogP contribution in [-0.2, 0) is 14.4 Å². The summed E-state index contributed by atoms with van der Waals surface area (Å²) in [5.41, 5.74) is 0.265. The van der Waals surface area contributed by atoms with Crippen molar-refractivity contribution in [2.75, 3.05) is 26.2 Å². The van der Waals surface area contributed by atoms with Gasteiger partial charge in [-0.05, 0) is 36.8 Å². The molecule has 9 nitrogen and oxygen atoms in total. The van der Waals surface area contributed by atoms with E-state index in [0.29, 0.717) is 31.8 Å². The highest BCUT2D eigenvalue weighted by molar-refractivity contribution is 6.01. The van der Waals surface area contributed by atoms with Crippen LogP contribution in [0, 0.1) is 11.8 Å². The van der Waals surface area contributed by atoms with E-state index < -0.39 is 29.8 Å². The Balaban J connectivity index is 2.40. The molecule has 1 heterocycles. The SMILES string of the molecule is CCCCN1CCOc2ccccc2C(=O)N[C@H](C(=O)NCC(C)C)CC(=O)N[C@@H](CC(C)C)C1=O. The molecule has 0 aromatic heterocycles. The first-order valence-electron chi connectivity index (χ1n) is 13.0. The molecule has 1 aromatic carbocycles. The van der Waals surface area contributed by atoms with Crippen molar-refractivity contribution in [2.24, 2.45) is 11.8 Å². The number of unbranched alkanes of at least 4 members (excludes halogenated alkanes) is 1. The van der Waals surface area contributed by atoms with Crippen LogP contribution in [0.2, 0.25) is 0 Å². The maximum Gasteiger partial charge on any atom is 0.255 e. The summed E-state index contributed by atoms with van der Waals surface area (Å²) in [7, 11) is 0. The van der Waals surface area contributed by atoms with Gasteiger partial charge in [0.05, 0.1) is 18.5 Å². The van der Waals surface area contributed by atoms with Crippen LogP contribution in [0.3, 0.4) is 0 Å². The summed E-state index contributed by atoms with van der Waals surface area (Å²) in [4.78, 5) is 54.4. The number of benzene rings is 1. The lowest BCUT2D eigenvalue weighted by molar-refractivity contribution is -0.137. The third-order valence-corrected chi connectivity index (χ3v) is 5.88. The second kappa shape index (κ2) is 14.5. The van der Waals surface area contributed by atoms with Crippen LogP contribution in [0.15, 0.2) is 24.3 Å². The Kier molecular flexibility index (Phi) is 11.7. The maximum absolute atomic E-state index is 13.5. The predicted octanol–water partition coefficient (Wildman–Crippen LogP) is 2.50. The Labute approximate surface area is 214 Å². The number of nitrogens with one attached hydrogen (secondary N) is 3. The zero-order chi connectivity index (χ0) is 26.7. The number of amides is 4. The van der Waals surface area contributed by atoms with Crippen molar-refractivity contribution < 1.29 is 23.9 Å². The second-order valence-corrected chi connectivity index (χ2v) is 10.1. The molecule has 2 atom stereocenters. The summed E-state index contributed by atoms with van der Waals surface area (Å²) in [5, 5.41) is 8.33. The van der Waals surface area contributed by atoms with Gasteiger partial charge in [0.25, 0.3) is 5.91 Å². The molecular weight excluding hydrogens is 460 g/mol. The Morgan fingerprint density at radius 2 is 1.83 bits per heavy atom. The fraction of sp³-hybridized carbons (Fsp3) is 0.630. The van der Waals surface area contributed by atoms with Crippen molar-refractivity contribution in [1.82, 2.24) is 20.9 Å². The highest BCUT2D eigenvalue weighted by Gasteiger charge is 2.31. The van der Waals surface area contributed by atoms with Crippen LogP contribution < -0.4 is 20.7 Å². The first kappa shape index (κ1) is 29.1. The number of nitrogens with zero attached hydrogens (tertiary/aromatic N) is 1. The van der Waals surface area contributed by atoms with Crippen LogP contribution in [0.1, 0.15) is 70.7 Å². The van der Waals surface area contributed by atoms with Gasteiger partial charge in [-0.2, -0.15) is 0 Å². The Morgan fingerprint density at radius 1 is 1.11 bits per heavy atom. The van der Waals surface area contributed by atoms with Gasteiger partial charge in [-0.3, -0.25) is 19.2 Å². The van der Waals surface area contributed by atoms with Crippen LogP contribution in [0.25, 0.3) is 0 Å². The zero-order valence-corrected chi connectivity index (χ0v) is 22.3. The normalized spacial score (nSPS) is 19.8. The molecule has 0 saturated heterocycles. The molecule has 1 aliphatic heterocycles. The smallest absolute Gasteiger partial charge is 0.255 e. The third kappa shape index (κ3) is 9.17. The number of rotatable bonds is 8. The largest absolute Gasteiger partial charge is 0.491 e. The lowest BCUT2D eigenvalue weighted by Gasteiger charge is -2.30. The lowest BCUT2D eigenvalue weighted by Crippen LogP contribution is -2.53. The summed E-state index contributed by atoms with van der Waals surface area (Å²) in [5.74, 6) is -0.848. The van der Waals surface area contributed by atoms with Crippen molar-refractivity contribution in [1.29, 1.82) is 0 Å². The molecule has 3 N–H and O–H groups in total. The van der Waals surface area contributed by atoms with E-state index in [1.807, 2.05) is 27.7 Å². The molecule has 0 fully saturated rings. The van der Waals surface area contributed by atoms with Gasteiger partial charge < -0.3 is 25.6 Å². The van der Waals surface area contributed by atoms with E-state index in [9.17, 15) is 19.2 Å². The molecule has 4 amide bonds. The minimum atomic E-state index is -1.10. The molecule has 36 heavy (non-hydrogen) atoms. The molecule has 1 aliphatic rings. The van der Waals surface area contributed by atoms with Gasteiger partial charge >= 0.3 is 0 Å². The first-order chi connectivity index (χ1) is 17.1. The Bertz CT molecular complexity index is 902. The number of hydrogen-bond acceptors (Lipinski definition) is 5. The van der Waals surface area contributed by atoms with Gasteiger partial charge in [0.1, 0.15) is 24.4 Å². The second-order valence-electron chi connectivity index (χ2n) is 10.1. The number of hydrogen-bond donors (Lipinski definition) is 3. The van der Waals surface area contributed by atoms with E-state index in [-0.39, 0.29) is 36.3 Å². The van der Waals surface area contributed by atoms with Crippen molar-refractivity contribution in [2.45, 2.75) is 72.4 Å². The van der Waals surface area contributed by atoms with Gasteiger partial charge in [-0.25, -0.2) is 0 Å². The minimum Gasteiger partial charge on any atom is -0.491 e. The highest BCUT2D eigenvalue weighted by atomic mass is 16.5. The Hall–Kier alpha value is -3.10. The van der Waals surface area contributed by atoms with E-state index in [1.54, 1.807) is 29.2 Å². The van der Waals surface area contributed by atoms with E-state index in [4.69, 9.17) is 4.74 Å². The number of fused-ring (bicyclic) bond motifs is 1. The molecule has 0 aliphatic carbocycles. The molecule has 9 heteroatoms. The summed E-state index contributed by atoms with van der Waals surface area (Å²) in [6.07, 6.45) is 1.93. The van der Waals surface area contributed by atoms with Gasteiger partial charge in [0.15, 0.2) is 0 Å². The van der Waals surface area contributed by atoms with E-state index in [2.05, 4.69) is 22.9 Å². The van der Waals surface area contributed by atoms with Crippen LogP contribution >= 0.6 is 0 Å². The van der Waals surface area contributed by atoms with Crippen molar-refractivity contribution in [3.63, 3.8) is 0 Å². The van der Waals surface area contributed by atoms with E-state index in [0.717, 1.165) is 12.8 Å². The molecule has 0 spiro atoms. The highest BCUT2D eigenvalue weighted by Crippen LogP contribution is 2.19. The van der Waals surface area contributed by atoms with Crippen LogP contribution in [0.4, 0.5) is 0 Å². The Morgan fingerprint density at radius 3 is 2.50 bits per heavy atom. The van der Waals surface area contributed by atoms with Crippen molar-refractivity contribution in [3.8, 4) is 5.75 Å². The number of carbonyl (C=O) groups is 4. The fourth-order valence-electron chi connectivity index (χ4n) is 3.95. The molecule has 1 aromatic rings.